The van der Waals surface area contributed by atoms with E-state index in [-0.39, 0.29) is 18.2 Å². The van der Waals surface area contributed by atoms with Gasteiger partial charge >= 0.3 is 6.18 Å². The van der Waals surface area contributed by atoms with Crippen LogP contribution in [0.3, 0.4) is 0 Å². The van der Waals surface area contributed by atoms with Gasteiger partial charge in [0.25, 0.3) is 0 Å². The van der Waals surface area contributed by atoms with Crippen LogP contribution in [0.25, 0.3) is 0 Å². The number of ether oxygens (including phenoxy) is 1. The predicted molar refractivity (Wildman–Crippen MR) is 64.5 cm³/mol. The molecule has 0 aliphatic carbocycles. The number of rotatable bonds is 5. The van der Waals surface area contributed by atoms with Gasteiger partial charge in [0, 0.05) is 11.0 Å². The molecule has 2 nitrogen and oxygen atoms in total. The van der Waals surface area contributed by atoms with E-state index in [0.29, 0.717) is 10.2 Å². The van der Waals surface area contributed by atoms with E-state index in [1.807, 2.05) is 0 Å². The first kappa shape index (κ1) is 15.5. The summed E-state index contributed by atoms with van der Waals surface area (Å²) in [5.74, 6) is -0.509. The number of hydrogen-bond acceptors (Lipinski definition) is 2. The molecular formula is C10H9BrClF4NO. The van der Waals surface area contributed by atoms with Gasteiger partial charge in [-0.25, -0.2) is 4.39 Å². The monoisotopic (exact) mass is 349 g/mol. The van der Waals surface area contributed by atoms with Gasteiger partial charge in [-0.05, 0) is 28.1 Å². The molecule has 0 bridgehead atoms. The van der Waals surface area contributed by atoms with Gasteiger partial charge in [0.15, 0.2) is 0 Å². The highest BCUT2D eigenvalue weighted by atomic mass is 79.9. The Labute approximate surface area is 114 Å². The van der Waals surface area contributed by atoms with Crippen LogP contribution in [0.5, 0.6) is 0 Å². The van der Waals surface area contributed by atoms with Crippen molar-refractivity contribution in [3.05, 3.63) is 27.4 Å². The van der Waals surface area contributed by atoms with Gasteiger partial charge in [0.2, 0.25) is 0 Å². The van der Waals surface area contributed by atoms with Crippen molar-refractivity contribution in [3.63, 3.8) is 0 Å². The Morgan fingerprint density at radius 1 is 1.33 bits per heavy atom. The lowest BCUT2D eigenvalue weighted by molar-refractivity contribution is -0.172. The van der Waals surface area contributed by atoms with Crippen LogP contribution in [0.15, 0.2) is 16.6 Å². The molecule has 1 aromatic rings. The first-order valence-corrected chi connectivity index (χ1v) is 5.99. The van der Waals surface area contributed by atoms with Gasteiger partial charge in [-0.3, -0.25) is 0 Å². The van der Waals surface area contributed by atoms with Crippen molar-refractivity contribution in [2.24, 2.45) is 0 Å². The van der Waals surface area contributed by atoms with Gasteiger partial charge in [-0.2, -0.15) is 13.2 Å². The van der Waals surface area contributed by atoms with Crippen molar-refractivity contribution in [3.8, 4) is 0 Å². The molecular weight excluding hydrogens is 341 g/mol. The Morgan fingerprint density at radius 2 is 2.00 bits per heavy atom. The van der Waals surface area contributed by atoms with E-state index in [1.54, 1.807) is 0 Å². The maximum Gasteiger partial charge on any atom is 0.411 e. The fourth-order valence-corrected chi connectivity index (χ4v) is 2.11. The molecule has 0 saturated carbocycles. The molecule has 1 N–H and O–H groups in total. The average molecular weight is 351 g/mol. The molecule has 0 aliphatic heterocycles. The highest BCUT2D eigenvalue weighted by Gasteiger charge is 2.27. The minimum atomic E-state index is -4.34. The SMILES string of the molecule is Fc1cc(Cl)c(NCCOCC(F)(F)F)c(Br)c1. The molecule has 0 atom stereocenters. The van der Waals surface area contributed by atoms with E-state index in [4.69, 9.17) is 11.6 Å². The lowest BCUT2D eigenvalue weighted by Crippen LogP contribution is -2.20. The van der Waals surface area contributed by atoms with Gasteiger partial charge in [-0.15, -0.1) is 0 Å². The molecule has 0 aromatic heterocycles. The topological polar surface area (TPSA) is 21.3 Å². The summed E-state index contributed by atoms with van der Waals surface area (Å²) in [6, 6.07) is 2.30. The molecule has 8 heteroatoms. The molecule has 0 amide bonds. The smallest absolute Gasteiger partial charge is 0.381 e. The molecule has 1 aromatic carbocycles. The van der Waals surface area contributed by atoms with Crippen LogP contribution in [0.1, 0.15) is 0 Å². The molecule has 102 valence electrons. The van der Waals surface area contributed by atoms with Crippen LogP contribution in [-0.2, 0) is 4.74 Å². The predicted octanol–water partition coefficient (Wildman–Crippen LogP) is 4.23. The Balaban J connectivity index is 2.41. The standard InChI is InChI=1S/C10H9BrClF4NO/c11-7-3-6(13)4-8(12)9(7)17-1-2-18-5-10(14,15)16/h3-4,17H,1-2,5H2. The van der Waals surface area contributed by atoms with Crippen LogP contribution in [0.4, 0.5) is 23.2 Å². The summed E-state index contributed by atoms with van der Waals surface area (Å²) in [5.41, 5.74) is 0.411. The van der Waals surface area contributed by atoms with Gasteiger partial charge in [0.05, 0.1) is 17.3 Å². The Hall–Kier alpha value is -0.530. The second-order valence-electron chi connectivity index (χ2n) is 3.34. The summed E-state index contributed by atoms with van der Waals surface area (Å²) >= 11 is 8.86. The second kappa shape index (κ2) is 6.58. The number of anilines is 1. The molecule has 0 unspecified atom stereocenters. The molecule has 18 heavy (non-hydrogen) atoms. The Bertz CT molecular complexity index is 390. The number of nitrogens with one attached hydrogen (secondary N) is 1. The van der Waals surface area contributed by atoms with Crippen molar-refractivity contribution in [1.82, 2.24) is 0 Å². The van der Waals surface area contributed by atoms with E-state index in [0.717, 1.165) is 6.07 Å². The maximum atomic E-state index is 12.9. The average Bonchev–Trinajstić information content (AvgIpc) is 2.19. The van der Waals surface area contributed by atoms with E-state index < -0.39 is 18.6 Å². The molecule has 0 saturated heterocycles. The molecule has 0 spiro atoms. The van der Waals surface area contributed by atoms with Gasteiger partial charge < -0.3 is 10.1 Å². The third kappa shape index (κ3) is 5.41. The highest BCUT2D eigenvalue weighted by molar-refractivity contribution is 9.10. The lowest BCUT2D eigenvalue weighted by atomic mass is 10.3. The van der Waals surface area contributed by atoms with Crippen molar-refractivity contribution in [2.75, 3.05) is 25.1 Å². The third-order valence-corrected chi connectivity index (χ3v) is 2.74. The minimum Gasteiger partial charge on any atom is -0.381 e. The van der Waals surface area contributed by atoms with Gasteiger partial charge in [-0.1, -0.05) is 11.6 Å². The summed E-state index contributed by atoms with van der Waals surface area (Å²) < 4.78 is 53.0. The van der Waals surface area contributed by atoms with E-state index in [2.05, 4.69) is 26.0 Å². The Morgan fingerprint density at radius 3 is 2.56 bits per heavy atom. The fourth-order valence-electron chi connectivity index (χ4n) is 1.15. The molecule has 0 heterocycles. The molecule has 1 rings (SSSR count). The van der Waals surface area contributed by atoms with E-state index >= 15 is 0 Å². The summed E-state index contributed by atoms with van der Waals surface area (Å²) in [6.45, 7) is -1.31. The third-order valence-electron chi connectivity index (χ3n) is 1.82. The van der Waals surface area contributed by atoms with Crippen molar-refractivity contribution >= 4 is 33.2 Å². The quantitative estimate of drug-likeness (QED) is 0.634. The fraction of sp³-hybridized carbons (Fsp3) is 0.400. The van der Waals surface area contributed by atoms with Crippen LogP contribution < -0.4 is 5.32 Å². The number of halogens is 6. The molecule has 0 fully saturated rings. The minimum absolute atomic E-state index is 0.125. The lowest BCUT2D eigenvalue weighted by Gasteiger charge is -2.12. The first-order valence-electron chi connectivity index (χ1n) is 4.82. The summed E-state index contributed by atoms with van der Waals surface area (Å²) in [5, 5.41) is 2.89. The number of hydrogen-bond donors (Lipinski definition) is 1. The van der Waals surface area contributed by atoms with E-state index in [1.165, 1.54) is 6.07 Å². The van der Waals surface area contributed by atoms with Crippen LogP contribution in [0.2, 0.25) is 5.02 Å². The van der Waals surface area contributed by atoms with Gasteiger partial charge in [0.1, 0.15) is 12.4 Å². The zero-order valence-electron chi connectivity index (χ0n) is 8.95. The van der Waals surface area contributed by atoms with Crippen molar-refractivity contribution < 1.29 is 22.3 Å². The zero-order chi connectivity index (χ0) is 13.8. The van der Waals surface area contributed by atoms with Crippen LogP contribution >= 0.6 is 27.5 Å². The normalized spacial score (nSPS) is 11.7. The molecule has 0 aliphatic rings. The number of benzene rings is 1. The first-order chi connectivity index (χ1) is 8.29. The van der Waals surface area contributed by atoms with Crippen molar-refractivity contribution in [2.45, 2.75) is 6.18 Å². The highest BCUT2D eigenvalue weighted by Crippen LogP contribution is 2.31. The largest absolute Gasteiger partial charge is 0.411 e. The van der Waals surface area contributed by atoms with E-state index in [9.17, 15) is 17.6 Å². The maximum absolute atomic E-state index is 12.9. The summed E-state index contributed by atoms with van der Waals surface area (Å²) in [4.78, 5) is 0. The molecule has 0 radical (unpaired) electrons. The Kier molecular flexibility index (Phi) is 5.68. The van der Waals surface area contributed by atoms with Crippen LogP contribution in [0, 0.1) is 5.82 Å². The second-order valence-corrected chi connectivity index (χ2v) is 4.60. The van der Waals surface area contributed by atoms with Crippen molar-refractivity contribution in [1.29, 1.82) is 0 Å². The van der Waals surface area contributed by atoms with Crippen LogP contribution in [-0.4, -0.2) is 25.9 Å². The summed E-state index contributed by atoms with van der Waals surface area (Å²) in [6.07, 6.45) is -4.34. The number of alkyl halides is 3. The zero-order valence-corrected chi connectivity index (χ0v) is 11.3. The summed E-state index contributed by atoms with van der Waals surface area (Å²) in [7, 11) is 0.